The molecule has 21 heavy (non-hydrogen) atoms. The number of alkyl halides is 1. The summed E-state index contributed by atoms with van der Waals surface area (Å²) in [6.45, 7) is 6.30. The van der Waals surface area contributed by atoms with Gasteiger partial charge in [0.2, 0.25) is 0 Å². The van der Waals surface area contributed by atoms with Crippen molar-refractivity contribution in [1.29, 1.82) is 0 Å². The third-order valence-electron chi connectivity index (χ3n) is 3.59. The first-order chi connectivity index (χ1) is 9.70. The minimum atomic E-state index is -3.15. The Morgan fingerprint density at radius 2 is 1.43 bits per heavy atom. The Morgan fingerprint density at radius 3 is 1.86 bits per heavy atom. The van der Waals surface area contributed by atoms with Crippen molar-refractivity contribution < 1.29 is 8.42 Å². The fourth-order valence-corrected chi connectivity index (χ4v) is 4.30. The predicted octanol–water partition coefficient (Wildman–Crippen LogP) is 4.50. The molecule has 0 bridgehead atoms. The van der Waals surface area contributed by atoms with Gasteiger partial charge in [0.25, 0.3) is 0 Å². The van der Waals surface area contributed by atoms with Gasteiger partial charge in [-0.3, -0.25) is 0 Å². The highest BCUT2D eigenvalue weighted by Crippen LogP contribution is 2.35. The molecule has 0 aliphatic carbocycles. The Morgan fingerprint density at radius 1 is 0.952 bits per heavy atom. The highest BCUT2D eigenvalue weighted by atomic mass is 79.9. The van der Waals surface area contributed by atoms with E-state index in [9.17, 15) is 8.42 Å². The number of hydrogen-bond acceptors (Lipinski definition) is 2. The molecule has 0 saturated heterocycles. The van der Waals surface area contributed by atoms with Gasteiger partial charge in [-0.15, -0.1) is 0 Å². The van der Waals surface area contributed by atoms with Crippen LogP contribution in [0, 0.1) is 20.8 Å². The lowest BCUT2D eigenvalue weighted by molar-refractivity contribution is 0.602. The summed E-state index contributed by atoms with van der Waals surface area (Å²) in [6.07, 6.45) is 1.22. The zero-order valence-corrected chi connectivity index (χ0v) is 15.0. The van der Waals surface area contributed by atoms with E-state index >= 15 is 0 Å². The van der Waals surface area contributed by atoms with E-state index in [0.29, 0.717) is 4.90 Å². The van der Waals surface area contributed by atoms with Crippen LogP contribution in [0.4, 0.5) is 0 Å². The summed E-state index contributed by atoms with van der Waals surface area (Å²) < 4.78 is 23.0. The summed E-state index contributed by atoms with van der Waals surface area (Å²) in [6, 6.07) is 11.4. The Kier molecular flexibility index (Phi) is 4.59. The molecule has 2 rings (SSSR count). The Labute approximate surface area is 135 Å². The molecule has 4 heteroatoms. The van der Waals surface area contributed by atoms with Crippen LogP contribution in [-0.2, 0) is 9.84 Å². The molecule has 0 fully saturated rings. The van der Waals surface area contributed by atoms with Crippen LogP contribution >= 0.6 is 15.9 Å². The van der Waals surface area contributed by atoms with Gasteiger partial charge in [0.05, 0.1) is 9.72 Å². The van der Waals surface area contributed by atoms with Crippen LogP contribution in [-0.4, -0.2) is 14.7 Å². The van der Waals surface area contributed by atoms with E-state index < -0.39 is 9.84 Å². The second-order valence-electron chi connectivity index (χ2n) is 5.52. The van der Waals surface area contributed by atoms with Crippen molar-refractivity contribution in [3.05, 3.63) is 64.2 Å². The number of sulfone groups is 1. The topological polar surface area (TPSA) is 34.1 Å². The lowest BCUT2D eigenvalue weighted by atomic mass is 9.94. The van der Waals surface area contributed by atoms with Gasteiger partial charge in [0.1, 0.15) is 0 Å². The van der Waals surface area contributed by atoms with E-state index in [1.807, 2.05) is 12.1 Å². The number of hydrogen-bond donors (Lipinski definition) is 0. The molecule has 0 N–H and O–H groups in total. The minimum absolute atomic E-state index is 0.0618. The van der Waals surface area contributed by atoms with Crippen molar-refractivity contribution in [3.63, 3.8) is 0 Å². The van der Waals surface area contributed by atoms with Crippen LogP contribution in [0.25, 0.3) is 0 Å². The summed E-state index contributed by atoms with van der Waals surface area (Å²) in [5, 5.41) is 0. The van der Waals surface area contributed by atoms with Crippen LogP contribution in [0.2, 0.25) is 0 Å². The fourth-order valence-electron chi connectivity index (χ4n) is 2.64. The molecule has 1 atom stereocenters. The maximum atomic E-state index is 11.5. The van der Waals surface area contributed by atoms with Gasteiger partial charge in [-0.25, -0.2) is 8.42 Å². The molecule has 0 saturated carbocycles. The molecule has 112 valence electrons. The maximum Gasteiger partial charge on any atom is 0.175 e. The van der Waals surface area contributed by atoms with Gasteiger partial charge in [0, 0.05) is 6.26 Å². The molecule has 0 amide bonds. The van der Waals surface area contributed by atoms with Crippen molar-refractivity contribution in [3.8, 4) is 0 Å². The monoisotopic (exact) mass is 366 g/mol. The van der Waals surface area contributed by atoms with E-state index in [0.717, 1.165) is 5.56 Å². The number of rotatable bonds is 3. The van der Waals surface area contributed by atoms with Gasteiger partial charge in [-0.05, 0) is 55.2 Å². The normalized spacial score (nSPS) is 13.2. The van der Waals surface area contributed by atoms with Crippen LogP contribution in [0.15, 0.2) is 41.3 Å². The van der Waals surface area contributed by atoms with Crippen molar-refractivity contribution in [2.24, 2.45) is 0 Å². The summed E-state index contributed by atoms with van der Waals surface area (Å²) in [5.74, 6) is 0. The van der Waals surface area contributed by atoms with Crippen molar-refractivity contribution >= 4 is 25.8 Å². The molecule has 0 aliphatic heterocycles. The molecule has 0 aromatic heterocycles. The number of aryl methyl sites for hydroxylation is 3. The van der Waals surface area contributed by atoms with E-state index in [-0.39, 0.29) is 4.83 Å². The summed E-state index contributed by atoms with van der Waals surface area (Å²) in [5.41, 5.74) is 6.02. The number of benzene rings is 2. The Balaban J connectivity index is 2.44. The fraction of sp³-hybridized carbons (Fsp3) is 0.294. The first-order valence-electron chi connectivity index (χ1n) is 6.72. The molecule has 0 heterocycles. The maximum absolute atomic E-state index is 11.5. The van der Waals surface area contributed by atoms with Gasteiger partial charge in [0.15, 0.2) is 9.84 Å². The molecule has 0 radical (unpaired) electrons. The Hall–Kier alpha value is -1.13. The first-order valence-corrected chi connectivity index (χ1v) is 9.52. The molecule has 2 aromatic carbocycles. The summed E-state index contributed by atoms with van der Waals surface area (Å²) in [7, 11) is -3.15. The van der Waals surface area contributed by atoms with Gasteiger partial charge in [-0.2, -0.15) is 0 Å². The smallest absolute Gasteiger partial charge is 0.175 e. The zero-order valence-electron chi connectivity index (χ0n) is 12.6. The molecule has 1 unspecified atom stereocenters. The van der Waals surface area contributed by atoms with E-state index in [1.165, 1.54) is 28.5 Å². The predicted molar refractivity (Wildman–Crippen MR) is 91.0 cm³/mol. The van der Waals surface area contributed by atoms with Gasteiger partial charge in [-0.1, -0.05) is 45.8 Å². The second-order valence-corrected chi connectivity index (χ2v) is 8.45. The number of halogens is 1. The van der Waals surface area contributed by atoms with Crippen LogP contribution < -0.4 is 0 Å². The largest absolute Gasteiger partial charge is 0.224 e. The Bertz CT molecular complexity index is 739. The van der Waals surface area contributed by atoms with E-state index in [1.54, 1.807) is 12.1 Å². The van der Waals surface area contributed by atoms with Crippen molar-refractivity contribution in [2.75, 3.05) is 6.26 Å². The lowest BCUT2D eigenvalue weighted by Crippen LogP contribution is -2.01. The van der Waals surface area contributed by atoms with Crippen LogP contribution in [0.3, 0.4) is 0 Å². The lowest BCUT2D eigenvalue weighted by Gasteiger charge is -2.18. The molecule has 2 aromatic rings. The highest BCUT2D eigenvalue weighted by Gasteiger charge is 2.16. The van der Waals surface area contributed by atoms with Crippen LogP contribution in [0.5, 0.6) is 0 Å². The second kappa shape index (κ2) is 5.93. The van der Waals surface area contributed by atoms with Crippen LogP contribution in [0.1, 0.15) is 32.6 Å². The third-order valence-corrected chi connectivity index (χ3v) is 5.71. The third kappa shape index (κ3) is 3.55. The summed E-state index contributed by atoms with van der Waals surface area (Å²) >= 11 is 3.75. The molecule has 0 spiro atoms. The quantitative estimate of drug-likeness (QED) is 0.749. The van der Waals surface area contributed by atoms with Gasteiger partial charge >= 0.3 is 0 Å². The average Bonchev–Trinajstić information content (AvgIpc) is 2.36. The van der Waals surface area contributed by atoms with E-state index in [2.05, 4.69) is 48.8 Å². The SMILES string of the molecule is Cc1cc(C)c(C(Br)c2ccc(S(C)(=O)=O)cc2)c(C)c1. The van der Waals surface area contributed by atoms with Crippen molar-refractivity contribution in [1.82, 2.24) is 0 Å². The minimum Gasteiger partial charge on any atom is -0.224 e. The standard InChI is InChI=1S/C17H19BrO2S/c1-11-9-12(2)16(13(3)10-11)17(18)14-5-7-15(8-6-14)21(4,19)20/h5-10,17H,1-4H3. The van der Waals surface area contributed by atoms with E-state index in [4.69, 9.17) is 0 Å². The molecular weight excluding hydrogens is 348 g/mol. The molecule has 0 aliphatic rings. The molecule has 2 nitrogen and oxygen atoms in total. The van der Waals surface area contributed by atoms with Crippen molar-refractivity contribution in [2.45, 2.75) is 30.5 Å². The zero-order chi connectivity index (χ0) is 15.8. The average molecular weight is 367 g/mol. The molecular formula is C17H19BrO2S. The summed E-state index contributed by atoms with van der Waals surface area (Å²) in [4.78, 5) is 0.412. The highest BCUT2D eigenvalue weighted by molar-refractivity contribution is 9.09. The van der Waals surface area contributed by atoms with Gasteiger partial charge < -0.3 is 0 Å². The first kappa shape index (κ1) is 16.2.